The number of hydrogen-bond donors (Lipinski definition) is 2. The second-order valence-electron chi connectivity index (χ2n) is 11.7. The average molecular weight is 715 g/mol. The standard InChI is InChI=1S/C35H37Cl2N3O7S/c1-39-12-11-23(18-39)47-33(41)16-30(21-7-5-4-6-8-21)38-17-24-14-26(34(48-24)35(42)43)25(15-27-28(36)19-40(44)20-29(27)37)22-9-10-31(45-2)32(13-22)46-3/h4-10,13-14,19-20,23,25,30,38H,11-12,15-18H2,1-3H3,(H-,42,43,44)/t23-,25+,30?/m1/s1. The van der Waals surface area contributed by atoms with Crippen molar-refractivity contribution in [2.24, 2.45) is 0 Å². The van der Waals surface area contributed by atoms with Crippen molar-refractivity contribution in [1.29, 1.82) is 0 Å². The highest BCUT2D eigenvalue weighted by molar-refractivity contribution is 7.14. The number of methoxy groups -OCH3 is 2. The number of aromatic carboxylic acids is 1. The van der Waals surface area contributed by atoms with Gasteiger partial charge in [-0.1, -0.05) is 59.6 Å². The van der Waals surface area contributed by atoms with Crippen molar-refractivity contribution in [3.05, 3.63) is 109 Å². The summed E-state index contributed by atoms with van der Waals surface area (Å²) in [5.74, 6) is -1.20. The van der Waals surface area contributed by atoms with Crippen LogP contribution < -0.4 is 24.6 Å². The number of carbonyl (C=O) groups is 2. The van der Waals surface area contributed by atoms with Crippen LogP contribution in [0.25, 0.3) is 0 Å². The number of carboxylic acids is 1. The van der Waals surface area contributed by atoms with E-state index in [0.717, 1.165) is 45.0 Å². The second-order valence-corrected chi connectivity index (χ2v) is 13.6. The summed E-state index contributed by atoms with van der Waals surface area (Å²) in [5.41, 5.74) is 2.66. The molecule has 3 atom stereocenters. The van der Waals surface area contributed by atoms with Crippen molar-refractivity contribution in [1.82, 2.24) is 10.2 Å². The number of aromatic nitrogens is 1. The lowest BCUT2D eigenvalue weighted by Crippen LogP contribution is -2.29. The van der Waals surface area contributed by atoms with E-state index in [1.165, 1.54) is 26.6 Å². The Balaban J connectivity index is 1.47. The normalized spacial score (nSPS) is 16.0. The molecule has 0 radical (unpaired) electrons. The summed E-state index contributed by atoms with van der Waals surface area (Å²) in [6, 6.07) is 16.4. The van der Waals surface area contributed by atoms with Crippen LogP contribution in [0.15, 0.2) is 67.0 Å². The van der Waals surface area contributed by atoms with E-state index in [-0.39, 0.29) is 52.4 Å². The maximum Gasteiger partial charge on any atom is 0.308 e. The predicted octanol–water partition coefficient (Wildman–Crippen LogP) is 4.80. The van der Waals surface area contributed by atoms with E-state index in [4.69, 9.17) is 37.4 Å². The number of rotatable bonds is 14. The molecule has 1 saturated heterocycles. The summed E-state index contributed by atoms with van der Waals surface area (Å²) >= 11 is 14.2. The lowest BCUT2D eigenvalue weighted by molar-refractivity contribution is -0.904. The van der Waals surface area contributed by atoms with Gasteiger partial charge in [0.1, 0.15) is 16.1 Å². The van der Waals surface area contributed by atoms with E-state index in [1.807, 2.05) is 49.5 Å². The van der Waals surface area contributed by atoms with Gasteiger partial charge in [0.05, 0.1) is 31.5 Å². The van der Waals surface area contributed by atoms with Crippen LogP contribution in [0.4, 0.5) is 0 Å². The van der Waals surface area contributed by atoms with Crippen LogP contribution in [-0.2, 0) is 22.5 Å². The molecule has 48 heavy (non-hydrogen) atoms. The Kier molecular flexibility index (Phi) is 11.8. The van der Waals surface area contributed by atoms with Gasteiger partial charge in [0, 0.05) is 46.8 Å². The van der Waals surface area contributed by atoms with Gasteiger partial charge in [-0.15, -0.1) is 11.3 Å². The number of ether oxygens (including phenoxy) is 3. The molecule has 3 heterocycles. The average Bonchev–Trinajstić information content (AvgIpc) is 3.68. The molecule has 1 aliphatic heterocycles. The van der Waals surface area contributed by atoms with Crippen molar-refractivity contribution >= 4 is 46.5 Å². The van der Waals surface area contributed by atoms with Gasteiger partial charge in [-0.2, -0.15) is 0 Å². The molecular formula is C35H37Cl2N3O7S. The van der Waals surface area contributed by atoms with Crippen LogP contribution in [0.5, 0.6) is 11.5 Å². The number of carbonyl (C=O) groups excluding carboxylic acids is 2. The first-order chi connectivity index (χ1) is 23.1. The summed E-state index contributed by atoms with van der Waals surface area (Å²) in [7, 11) is 5.06. The highest BCUT2D eigenvalue weighted by Crippen LogP contribution is 2.41. The third kappa shape index (κ3) is 8.58. The van der Waals surface area contributed by atoms with Crippen molar-refractivity contribution in [3.8, 4) is 11.5 Å². The van der Waals surface area contributed by atoms with Crippen LogP contribution in [0, 0.1) is 0 Å². The smallest absolute Gasteiger partial charge is 0.308 e. The Labute approximate surface area is 293 Å². The number of hydrogen-bond acceptors (Lipinski definition) is 10. The largest absolute Gasteiger partial charge is 0.544 e. The fraction of sp³-hybridized carbons (Fsp3) is 0.343. The highest BCUT2D eigenvalue weighted by atomic mass is 35.5. The molecule has 1 fully saturated rings. The molecule has 2 aromatic heterocycles. The monoisotopic (exact) mass is 713 g/mol. The first-order valence-electron chi connectivity index (χ1n) is 15.4. The molecule has 1 aliphatic rings. The van der Waals surface area contributed by atoms with Gasteiger partial charge in [0.25, 0.3) is 0 Å². The van der Waals surface area contributed by atoms with Crippen molar-refractivity contribution in [3.63, 3.8) is 0 Å². The van der Waals surface area contributed by atoms with E-state index in [9.17, 15) is 19.9 Å². The molecule has 0 aliphatic carbocycles. The van der Waals surface area contributed by atoms with E-state index in [2.05, 4.69) is 10.2 Å². The van der Waals surface area contributed by atoms with Crippen molar-refractivity contribution in [2.45, 2.75) is 43.9 Å². The van der Waals surface area contributed by atoms with Gasteiger partial charge in [-0.3, -0.25) is 10.0 Å². The molecule has 0 bridgehead atoms. The molecule has 2 N–H and O–H groups in total. The Morgan fingerprint density at radius 2 is 1.77 bits per heavy atom. The number of nitrogens with zero attached hydrogens (tertiary/aromatic N) is 2. The number of likely N-dealkylation sites (N-methyl/N-ethyl adjacent to an activating group) is 1. The molecule has 10 nitrogen and oxygen atoms in total. The molecule has 1 unspecified atom stereocenters. The van der Waals surface area contributed by atoms with E-state index in [1.54, 1.807) is 12.1 Å². The van der Waals surface area contributed by atoms with E-state index < -0.39 is 11.9 Å². The predicted molar refractivity (Wildman–Crippen MR) is 180 cm³/mol. The van der Waals surface area contributed by atoms with Gasteiger partial charge in [-0.05, 0) is 54.8 Å². The Bertz CT molecular complexity index is 1730. The zero-order valence-electron chi connectivity index (χ0n) is 26.8. The van der Waals surface area contributed by atoms with Crippen LogP contribution in [0.2, 0.25) is 10.0 Å². The Morgan fingerprint density at radius 1 is 1.06 bits per heavy atom. The fourth-order valence-corrected chi connectivity index (χ4v) is 7.60. The lowest BCUT2D eigenvalue weighted by Gasteiger charge is -2.21. The zero-order valence-corrected chi connectivity index (χ0v) is 29.1. The Hall–Kier alpha value is -3.87. The van der Waals surface area contributed by atoms with Gasteiger partial charge < -0.3 is 34.3 Å². The van der Waals surface area contributed by atoms with Crippen LogP contribution >= 0.6 is 34.5 Å². The minimum absolute atomic E-state index is 0.0491. The number of carboxylic acid groups (broad SMARTS) is 1. The van der Waals surface area contributed by atoms with Crippen LogP contribution in [0.3, 0.4) is 0 Å². The molecular weight excluding hydrogens is 677 g/mol. The maximum atomic E-state index is 13.0. The molecule has 0 amide bonds. The van der Waals surface area contributed by atoms with Gasteiger partial charge in [0.15, 0.2) is 11.5 Å². The number of pyridine rings is 1. The number of esters is 1. The van der Waals surface area contributed by atoms with Gasteiger partial charge in [0.2, 0.25) is 12.4 Å². The number of thiophene rings is 1. The van der Waals surface area contributed by atoms with Gasteiger partial charge in [-0.25, -0.2) is 0 Å². The van der Waals surface area contributed by atoms with Crippen molar-refractivity contribution < 1.29 is 38.8 Å². The summed E-state index contributed by atoms with van der Waals surface area (Å²) < 4.78 is 17.5. The van der Waals surface area contributed by atoms with Gasteiger partial charge >= 0.3 is 5.97 Å². The molecule has 13 heteroatoms. The third-order valence-corrected chi connectivity index (χ3v) is 10.2. The minimum Gasteiger partial charge on any atom is -0.544 e. The highest BCUT2D eigenvalue weighted by Gasteiger charge is 2.28. The molecule has 0 spiro atoms. The van der Waals surface area contributed by atoms with Crippen LogP contribution in [-0.4, -0.2) is 62.5 Å². The first-order valence-corrected chi connectivity index (χ1v) is 16.9. The Morgan fingerprint density at radius 3 is 2.40 bits per heavy atom. The number of likely N-dealkylation sites (tertiary alicyclic amines) is 1. The van der Waals surface area contributed by atoms with Crippen LogP contribution in [0.1, 0.15) is 61.6 Å². The molecule has 5 rings (SSSR count). The quantitative estimate of drug-likeness (QED) is 0.108. The minimum atomic E-state index is -1.32. The molecule has 2 aromatic carbocycles. The molecule has 254 valence electrons. The number of benzene rings is 2. The summed E-state index contributed by atoms with van der Waals surface area (Å²) in [6.07, 6.45) is 3.61. The molecule has 0 saturated carbocycles. The summed E-state index contributed by atoms with van der Waals surface area (Å²) in [4.78, 5) is 28.5. The van der Waals surface area contributed by atoms with E-state index in [0.29, 0.717) is 29.2 Å². The molecule has 4 aromatic rings. The zero-order chi connectivity index (χ0) is 34.4. The maximum absolute atomic E-state index is 13.0. The topological polar surface area (TPSA) is 124 Å². The first kappa shape index (κ1) is 35.4. The second kappa shape index (κ2) is 16.0. The SMILES string of the molecule is COc1ccc([C@H](Cc2c(Cl)c[n+](O)cc2Cl)c2cc(CNC(CC(=O)O[C@@H]3CCN(C)C3)c3ccccc3)sc2C(=O)[O-])cc1OC. The lowest BCUT2D eigenvalue weighted by atomic mass is 9.85. The number of halogens is 2. The van der Waals surface area contributed by atoms with E-state index >= 15 is 0 Å². The number of nitrogens with one attached hydrogen (secondary N) is 1. The fourth-order valence-electron chi connectivity index (χ4n) is 5.99. The third-order valence-electron chi connectivity index (χ3n) is 8.40. The summed E-state index contributed by atoms with van der Waals surface area (Å²) in [6.45, 7) is 1.87. The summed E-state index contributed by atoms with van der Waals surface area (Å²) in [5, 5.41) is 26.4. The van der Waals surface area contributed by atoms with Crippen molar-refractivity contribution in [2.75, 3.05) is 34.4 Å².